The first-order chi connectivity index (χ1) is 18.4. The zero-order valence-corrected chi connectivity index (χ0v) is 22.2. The van der Waals surface area contributed by atoms with E-state index in [-0.39, 0.29) is 17.7 Å². The summed E-state index contributed by atoms with van der Waals surface area (Å²) >= 11 is 0. The molecule has 4 rings (SSSR count). The van der Waals surface area contributed by atoms with Crippen molar-refractivity contribution in [1.82, 2.24) is 20.4 Å². The number of nitrogens with zero attached hydrogens (tertiary/aromatic N) is 2. The fraction of sp³-hybridized carbons (Fsp3) is 0.433. The van der Waals surface area contributed by atoms with E-state index in [1.54, 1.807) is 0 Å². The Morgan fingerprint density at radius 1 is 0.921 bits per heavy atom. The largest absolute Gasteiger partial charge is 0.350 e. The Labute approximate surface area is 225 Å². The van der Waals surface area contributed by atoms with E-state index in [2.05, 4.69) is 39.8 Å². The van der Waals surface area contributed by atoms with Crippen LogP contribution in [0, 0.1) is 5.92 Å². The predicted octanol–water partition coefficient (Wildman–Crippen LogP) is 2.46. The molecule has 202 valence electrons. The van der Waals surface area contributed by atoms with Crippen molar-refractivity contribution in [3.63, 3.8) is 0 Å². The lowest BCUT2D eigenvalue weighted by Crippen LogP contribution is -2.55. The van der Waals surface area contributed by atoms with E-state index in [0.29, 0.717) is 26.1 Å². The third-order valence-electron chi connectivity index (χ3n) is 6.80. The second kappa shape index (κ2) is 13.3. The van der Waals surface area contributed by atoms with Crippen LogP contribution in [0.2, 0.25) is 0 Å². The first-order valence-electron chi connectivity index (χ1n) is 13.4. The highest BCUT2D eigenvalue weighted by Crippen LogP contribution is 2.23. The average molecular weight is 519 g/mol. The van der Waals surface area contributed by atoms with Gasteiger partial charge >= 0.3 is 0 Å². The van der Waals surface area contributed by atoms with Crippen LogP contribution in [0.1, 0.15) is 31.4 Å². The molecule has 0 spiro atoms. The molecule has 8 nitrogen and oxygen atoms in total. The highest BCUT2D eigenvalue weighted by molar-refractivity contribution is 5.97. The summed E-state index contributed by atoms with van der Waals surface area (Å²) in [7, 11) is 0. The van der Waals surface area contributed by atoms with Gasteiger partial charge in [-0.15, -0.1) is 0 Å². The number of piperazine rings is 1. The van der Waals surface area contributed by atoms with Crippen molar-refractivity contribution in [2.24, 2.45) is 5.92 Å². The molecule has 2 aromatic rings. The summed E-state index contributed by atoms with van der Waals surface area (Å²) in [4.78, 5) is 42.8. The molecule has 0 aliphatic carbocycles. The van der Waals surface area contributed by atoms with Gasteiger partial charge in [-0.05, 0) is 23.5 Å². The van der Waals surface area contributed by atoms with E-state index < -0.39 is 24.2 Å². The second-order valence-electron chi connectivity index (χ2n) is 10.3. The number of hydrogen-bond acceptors (Lipinski definition) is 5. The van der Waals surface area contributed by atoms with E-state index in [4.69, 9.17) is 4.74 Å². The topological polar surface area (TPSA) is 94.3 Å². The number of nitrogens with one attached hydrogen (secondary N) is 2. The maximum Gasteiger partial charge on any atom is 0.253 e. The summed E-state index contributed by atoms with van der Waals surface area (Å²) in [6.07, 6.45) is 3.11. The monoisotopic (exact) mass is 518 g/mol. The SMILES string of the molecule is CC(C)C[C@H](NC(=O)[C@@H]1O[C@H]1C(=O)NCc1ccccc1)C(=O)N1CCN(CC=Cc2ccccc2)CC1. The number of carbonyl (C=O) groups excluding carboxylic acids is 3. The summed E-state index contributed by atoms with van der Waals surface area (Å²) in [5, 5.41) is 5.67. The summed E-state index contributed by atoms with van der Waals surface area (Å²) < 4.78 is 5.38. The van der Waals surface area contributed by atoms with Crippen molar-refractivity contribution in [2.45, 2.75) is 45.1 Å². The molecule has 2 heterocycles. The van der Waals surface area contributed by atoms with E-state index in [1.807, 2.05) is 67.3 Å². The molecule has 2 saturated heterocycles. The summed E-state index contributed by atoms with van der Waals surface area (Å²) in [5.41, 5.74) is 2.14. The maximum atomic E-state index is 13.4. The summed E-state index contributed by atoms with van der Waals surface area (Å²) in [5.74, 6) is -0.581. The van der Waals surface area contributed by atoms with Crippen molar-refractivity contribution in [3.05, 3.63) is 77.9 Å². The Balaban J connectivity index is 1.23. The van der Waals surface area contributed by atoms with Crippen LogP contribution in [-0.4, -0.2) is 78.5 Å². The van der Waals surface area contributed by atoms with Gasteiger partial charge in [-0.2, -0.15) is 0 Å². The highest BCUT2D eigenvalue weighted by atomic mass is 16.6. The molecule has 0 unspecified atom stereocenters. The molecule has 3 amide bonds. The first-order valence-corrected chi connectivity index (χ1v) is 13.4. The minimum atomic E-state index is -0.860. The molecular weight excluding hydrogens is 480 g/mol. The summed E-state index contributed by atoms with van der Waals surface area (Å²) in [6.45, 7) is 8.05. The van der Waals surface area contributed by atoms with Crippen molar-refractivity contribution >= 4 is 23.8 Å². The lowest BCUT2D eigenvalue weighted by atomic mass is 10.0. The van der Waals surface area contributed by atoms with Gasteiger partial charge in [0, 0.05) is 39.3 Å². The van der Waals surface area contributed by atoms with Crippen LogP contribution in [-0.2, 0) is 25.7 Å². The van der Waals surface area contributed by atoms with E-state index in [1.165, 1.54) is 5.56 Å². The van der Waals surface area contributed by atoms with Gasteiger partial charge in [-0.3, -0.25) is 19.3 Å². The molecule has 3 atom stereocenters. The van der Waals surface area contributed by atoms with Gasteiger partial charge in [-0.25, -0.2) is 0 Å². The van der Waals surface area contributed by atoms with Gasteiger partial charge in [0.05, 0.1) is 0 Å². The van der Waals surface area contributed by atoms with Gasteiger partial charge in [-0.1, -0.05) is 86.7 Å². The lowest BCUT2D eigenvalue weighted by Gasteiger charge is -2.36. The van der Waals surface area contributed by atoms with Crippen molar-refractivity contribution in [2.75, 3.05) is 32.7 Å². The van der Waals surface area contributed by atoms with Crippen LogP contribution in [0.25, 0.3) is 6.08 Å². The molecule has 0 radical (unpaired) electrons. The Morgan fingerprint density at radius 3 is 2.21 bits per heavy atom. The Morgan fingerprint density at radius 2 is 1.55 bits per heavy atom. The minimum Gasteiger partial charge on any atom is -0.350 e. The number of carbonyl (C=O) groups is 3. The molecule has 8 heteroatoms. The van der Waals surface area contributed by atoms with Crippen LogP contribution >= 0.6 is 0 Å². The van der Waals surface area contributed by atoms with Crippen LogP contribution in [0.4, 0.5) is 0 Å². The fourth-order valence-corrected chi connectivity index (χ4v) is 4.62. The third kappa shape index (κ3) is 8.00. The molecule has 38 heavy (non-hydrogen) atoms. The fourth-order valence-electron chi connectivity index (χ4n) is 4.62. The molecule has 2 fully saturated rings. The molecule has 0 bridgehead atoms. The van der Waals surface area contributed by atoms with E-state index >= 15 is 0 Å². The van der Waals surface area contributed by atoms with Crippen LogP contribution < -0.4 is 10.6 Å². The lowest BCUT2D eigenvalue weighted by molar-refractivity contribution is -0.138. The van der Waals surface area contributed by atoms with Crippen LogP contribution in [0.5, 0.6) is 0 Å². The molecule has 0 aromatic heterocycles. The Bertz CT molecular complexity index is 1100. The minimum absolute atomic E-state index is 0.0720. The van der Waals surface area contributed by atoms with Crippen molar-refractivity contribution < 1.29 is 19.1 Å². The number of ether oxygens (including phenoxy) is 1. The Kier molecular flexibility index (Phi) is 9.67. The first kappa shape index (κ1) is 27.5. The third-order valence-corrected chi connectivity index (χ3v) is 6.80. The smallest absolute Gasteiger partial charge is 0.253 e. The molecule has 2 aromatic carbocycles. The van der Waals surface area contributed by atoms with Gasteiger partial charge in [0.15, 0.2) is 12.2 Å². The second-order valence-corrected chi connectivity index (χ2v) is 10.3. The highest BCUT2D eigenvalue weighted by Gasteiger charge is 2.51. The van der Waals surface area contributed by atoms with Gasteiger partial charge in [0.1, 0.15) is 6.04 Å². The summed E-state index contributed by atoms with van der Waals surface area (Å²) in [6, 6.07) is 19.1. The Hall–Kier alpha value is -3.49. The zero-order chi connectivity index (χ0) is 26.9. The van der Waals surface area contributed by atoms with Gasteiger partial charge < -0.3 is 20.3 Å². The van der Waals surface area contributed by atoms with E-state index in [0.717, 1.165) is 25.2 Å². The zero-order valence-electron chi connectivity index (χ0n) is 22.2. The number of benzene rings is 2. The number of hydrogen-bond donors (Lipinski definition) is 2. The quantitative estimate of drug-likeness (QED) is 0.446. The molecule has 0 saturated carbocycles. The maximum absolute atomic E-state index is 13.4. The van der Waals surface area contributed by atoms with Crippen molar-refractivity contribution in [1.29, 1.82) is 0 Å². The number of rotatable bonds is 11. The number of epoxide rings is 1. The number of amides is 3. The average Bonchev–Trinajstić information content (AvgIpc) is 3.74. The standard InChI is InChI=1S/C30H38N4O4/c1-22(2)20-25(32-29(36)27-26(38-27)28(35)31-21-24-12-7-4-8-13-24)30(37)34-18-16-33(17-19-34)15-9-14-23-10-5-3-6-11-23/h3-14,22,25-27H,15-21H2,1-2H3,(H,31,35)(H,32,36)/t25-,26+,27+/m0/s1. The molecule has 2 N–H and O–H groups in total. The molecule has 2 aliphatic heterocycles. The van der Waals surface area contributed by atoms with Crippen LogP contribution in [0.15, 0.2) is 66.7 Å². The predicted molar refractivity (Wildman–Crippen MR) is 147 cm³/mol. The normalized spacial score (nSPS) is 20.3. The molecule has 2 aliphatic rings. The van der Waals surface area contributed by atoms with Crippen molar-refractivity contribution in [3.8, 4) is 0 Å². The van der Waals surface area contributed by atoms with E-state index in [9.17, 15) is 14.4 Å². The van der Waals surface area contributed by atoms with Crippen LogP contribution in [0.3, 0.4) is 0 Å². The molecular formula is C30H38N4O4. The van der Waals surface area contributed by atoms with Gasteiger partial charge in [0.2, 0.25) is 5.91 Å². The van der Waals surface area contributed by atoms with Gasteiger partial charge in [0.25, 0.3) is 11.8 Å².